The molecule has 3 heterocycles. The smallest absolute Gasteiger partial charge is 0.253 e. The van der Waals surface area contributed by atoms with E-state index in [0.29, 0.717) is 107 Å². The number of carbonyl (C=O) groups excluding carboxylic acids is 3. The standard InChI is InChI=1S/C21H19ClN2O2.C19H22ClNO4S.C17H15ClN2OS.C17H18ClNO3.C17H18ClNO2/c1-26-14-18-3-2-17(12-20(18)16-4-6-19(22)7-5-16)21(25)24-13-15-8-10-23-11-9-15;1-25-13-15-12-18(26(23,24)21-10-8-17(22)9-11-21)6-7-19(15)14-2-4-16(20)5-3-14;1-21-9-13-8-12(16-10-22-17(19)20-16)4-7-15(13)11-2-5-14(18)6-3-11;1-22-11-14-3-2-13(17(21)19-8-9-20)10-16(14)12-4-6-15(18)7-5-12;1-19(2)17(20)13-4-5-14(11-21-3)16(10-13)12-6-8-15(18)9-7-12/h2-12H,13-14H2,1H3,(H,24,25);2-7,12,17,22H,8-11,13H2,1H3;2-8,10H,9H2,1H3,(H2,19,20);2-7,10,20H,8-9,11H2,1H3,(H,19,21);4-10H,11H2,1-3H3. The van der Waals surface area contributed by atoms with E-state index in [1.54, 1.807) is 97.3 Å². The lowest BCUT2D eigenvalue weighted by Crippen LogP contribution is -2.40. The molecule has 0 spiro atoms. The van der Waals surface area contributed by atoms with E-state index in [4.69, 9.17) is 92.5 Å². The highest BCUT2D eigenvalue weighted by atomic mass is 35.5. The van der Waals surface area contributed by atoms with Crippen molar-refractivity contribution in [3.05, 3.63) is 317 Å². The molecule has 610 valence electrons. The first-order valence-corrected chi connectivity index (χ1v) is 41.2. The molecule has 0 aliphatic carbocycles. The molecule has 1 fully saturated rings. The molecule has 19 nitrogen and oxygen atoms in total. The van der Waals surface area contributed by atoms with Gasteiger partial charge in [-0.15, -0.1) is 11.3 Å². The van der Waals surface area contributed by atoms with Crippen LogP contribution < -0.4 is 16.4 Å². The van der Waals surface area contributed by atoms with Crippen LogP contribution in [-0.2, 0) is 73.3 Å². The van der Waals surface area contributed by atoms with Gasteiger partial charge in [0.2, 0.25) is 10.0 Å². The number of aliphatic hydroxyl groups is 2. The first-order valence-electron chi connectivity index (χ1n) is 37.0. The first-order chi connectivity index (χ1) is 56.4. The van der Waals surface area contributed by atoms with Gasteiger partial charge in [0.25, 0.3) is 17.7 Å². The summed E-state index contributed by atoms with van der Waals surface area (Å²) in [6, 6.07) is 69.6. The van der Waals surface area contributed by atoms with Crippen LogP contribution in [0.4, 0.5) is 5.13 Å². The van der Waals surface area contributed by atoms with Crippen molar-refractivity contribution >= 4 is 102 Å². The Balaban J connectivity index is 0.000000167. The van der Waals surface area contributed by atoms with Crippen molar-refractivity contribution in [1.82, 2.24) is 29.8 Å². The highest BCUT2D eigenvalue weighted by Crippen LogP contribution is 2.36. The van der Waals surface area contributed by atoms with E-state index in [-0.39, 0.29) is 35.8 Å². The molecular weight excluding hydrogens is 1620 g/mol. The average molecular weight is 1720 g/mol. The molecule has 1 saturated heterocycles. The van der Waals surface area contributed by atoms with Gasteiger partial charge in [-0.05, 0) is 229 Å². The lowest BCUT2D eigenvalue weighted by atomic mass is 9.97. The van der Waals surface area contributed by atoms with Crippen molar-refractivity contribution in [3.63, 3.8) is 0 Å². The van der Waals surface area contributed by atoms with Crippen LogP contribution in [0, 0.1) is 0 Å². The molecule has 6 N–H and O–H groups in total. The second-order valence-electron chi connectivity index (χ2n) is 26.9. The van der Waals surface area contributed by atoms with Crippen LogP contribution in [0.2, 0.25) is 25.1 Å². The number of ether oxygens (including phenoxy) is 5. The summed E-state index contributed by atoms with van der Waals surface area (Å²) in [5, 5.41) is 29.9. The van der Waals surface area contributed by atoms with Crippen molar-refractivity contribution in [1.29, 1.82) is 0 Å². The molecular formula is C91H92Cl5N7O12S2. The van der Waals surface area contributed by atoms with Crippen LogP contribution in [0.15, 0.2) is 247 Å². The van der Waals surface area contributed by atoms with Crippen LogP contribution in [0.5, 0.6) is 0 Å². The summed E-state index contributed by atoms with van der Waals surface area (Å²) in [6.07, 6.45) is 3.93. The third-order valence-corrected chi connectivity index (χ3v) is 22.3. The fourth-order valence-electron chi connectivity index (χ4n) is 12.5. The minimum absolute atomic E-state index is 0.0193. The number of amides is 3. The number of benzene rings is 10. The molecule has 117 heavy (non-hydrogen) atoms. The van der Waals surface area contributed by atoms with Gasteiger partial charge >= 0.3 is 0 Å². The van der Waals surface area contributed by atoms with Gasteiger partial charge in [-0.25, -0.2) is 13.4 Å². The van der Waals surface area contributed by atoms with Gasteiger partial charge in [0.15, 0.2) is 5.13 Å². The molecule has 1 aliphatic rings. The summed E-state index contributed by atoms with van der Waals surface area (Å²) in [6.45, 7) is 3.53. The Morgan fingerprint density at radius 1 is 0.479 bits per heavy atom. The topological polar surface area (TPSA) is 254 Å². The van der Waals surface area contributed by atoms with E-state index in [1.807, 2.05) is 181 Å². The summed E-state index contributed by atoms with van der Waals surface area (Å²) in [4.78, 5) is 46.8. The van der Waals surface area contributed by atoms with Gasteiger partial charge in [-0.3, -0.25) is 19.4 Å². The van der Waals surface area contributed by atoms with E-state index in [2.05, 4.69) is 38.8 Å². The van der Waals surface area contributed by atoms with Crippen LogP contribution in [0.3, 0.4) is 0 Å². The maximum Gasteiger partial charge on any atom is 0.253 e. The highest BCUT2D eigenvalue weighted by molar-refractivity contribution is 7.89. The van der Waals surface area contributed by atoms with E-state index in [1.165, 1.54) is 15.6 Å². The summed E-state index contributed by atoms with van der Waals surface area (Å²) in [5.74, 6) is -0.358. The van der Waals surface area contributed by atoms with Gasteiger partial charge < -0.3 is 55.2 Å². The number of hydrogen-bond acceptors (Lipinski definition) is 16. The molecule has 26 heteroatoms. The molecule has 0 unspecified atom stereocenters. The Labute approximate surface area is 712 Å². The lowest BCUT2D eigenvalue weighted by molar-refractivity contribution is 0.0826. The number of nitrogens with one attached hydrogen (secondary N) is 2. The number of methoxy groups -OCH3 is 5. The zero-order valence-corrected chi connectivity index (χ0v) is 71.1. The van der Waals surface area contributed by atoms with Gasteiger partial charge in [0, 0.05) is 141 Å². The van der Waals surface area contributed by atoms with E-state index >= 15 is 0 Å². The van der Waals surface area contributed by atoms with Crippen molar-refractivity contribution < 1.29 is 56.7 Å². The Bertz CT molecular complexity index is 5340. The molecule has 2 aromatic heterocycles. The van der Waals surface area contributed by atoms with Gasteiger partial charge in [0.1, 0.15) is 0 Å². The van der Waals surface area contributed by atoms with E-state index < -0.39 is 16.1 Å². The molecule has 0 saturated carbocycles. The van der Waals surface area contributed by atoms with E-state index in [0.717, 1.165) is 105 Å². The van der Waals surface area contributed by atoms with Crippen molar-refractivity contribution in [3.8, 4) is 66.9 Å². The van der Waals surface area contributed by atoms with Gasteiger partial charge in [0.05, 0.1) is 56.3 Å². The van der Waals surface area contributed by atoms with Crippen molar-refractivity contribution in [2.75, 3.05) is 81.6 Å². The zero-order valence-electron chi connectivity index (χ0n) is 65.7. The molecule has 3 amide bonds. The number of anilines is 1. The summed E-state index contributed by atoms with van der Waals surface area (Å²) in [5.41, 5.74) is 25.3. The predicted octanol–water partition coefficient (Wildman–Crippen LogP) is 19.4. The minimum Gasteiger partial charge on any atom is -0.395 e. The number of piperidine rings is 1. The Morgan fingerprint density at radius 3 is 1.24 bits per heavy atom. The number of nitrogen functional groups attached to an aromatic ring is 1. The summed E-state index contributed by atoms with van der Waals surface area (Å²) >= 11 is 31.2. The number of thiazole rings is 1. The quantitative estimate of drug-likeness (QED) is 0.0357. The first kappa shape index (κ1) is 91.2. The number of hydrogen-bond donors (Lipinski definition) is 5. The third-order valence-electron chi connectivity index (χ3n) is 18.4. The zero-order chi connectivity index (χ0) is 84.0. The largest absolute Gasteiger partial charge is 0.395 e. The number of pyridine rings is 1. The second kappa shape index (κ2) is 45.8. The van der Waals surface area contributed by atoms with Crippen molar-refractivity contribution in [2.24, 2.45) is 0 Å². The number of aromatic nitrogens is 2. The SMILES string of the molecule is COCc1cc(-c2csc(N)n2)ccc1-c1ccc(Cl)cc1.COCc1cc(S(=O)(=O)N2CCC(O)CC2)ccc1-c1ccc(Cl)cc1.COCc1ccc(C(=O)N(C)C)cc1-c1ccc(Cl)cc1.COCc1ccc(C(=O)NCCO)cc1-c1ccc(Cl)cc1.COCc1ccc(C(=O)NCc2ccncc2)cc1-c1ccc(Cl)cc1. The summed E-state index contributed by atoms with van der Waals surface area (Å²) < 4.78 is 53.7. The van der Waals surface area contributed by atoms with E-state index in [9.17, 15) is 27.9 Å². The third kappa shape index (κ3) is 26.6. The Morgan fingerprint density at radius 2 is 0.846 bits per heavy atom. The number of halogens is 5. The summed E-state index contributed by atoms with van der Waals surface area (Å²) in [7, 11) is 8.12. The monoisotopic (exact) mass is 1710 g/mol. The van der Waals surface area contributed by atoms with Gasteiger partial charge in [-0.2, -0.15) is 4.31 Å². The van der Waals surface area contributed by atoms with Crippen molar-refractivity contribution in [2.45, 2.75) is 63.4 Å². The van der Waals surface area contributed by atoms with Crippen LogP contribution >= 0.6 is 69.3 Å². The predicted molar refractivity (Wildman–Crippen MR) is 470 cm³/mol. The fourth-order valence-corrected chi connectivity index (χ4v) is 15.2. The van der Waals surface area contributed by atoms with Crippen LogP contribution in [0.1, 0.15) is 77.3 Å². The highest BCUT2D eigenvalue weighted by Gasteiger charge is 2.30. The lowest BCUT2D eigenvalue weighted by Gasteiger charge is -2.29. The maximum atomic E-state index is 12.9. The number of nitrogens with zero attached hydrogens (tertiary/aromatic N) is 4. The second-order valence-corrected chi connectivity index (χ2v) is 31.9. The fraction of sp³-hybridized carbons (Fsp3) is 0.220. The number of carbonyl (C=O) groups is 3. The number of sulfonamides is 1. The molecule has 1 aliphatic heterocycles. The normalized spacial score (nSPS) is 11.9. The number of rotatable bonds is 25. The van der Waals surface area contributed by atoms with Crippen LogP contribution in [-0.4, -0.2) is 138 Å². The molecule has 0 bridgehead atoms. The number of nitrogens with two attached hydrogens (primary N) is 1. The minimum atomic E-state index is -3.59. The molecule has 12 aromatic rings. The molecule has 13 rings (SSSR count). The Kier molecular flexibility index (Phi) is 35.7. The maximum absolute atomic E-state index is 12.9. The van der Waals surface area contributed by atoms with Gasteiger partial charge in [-0.1, -0.05) is 155 Å². The Hall–Kier alpha value is -9.73. The average Bonchev–Trinajstić information content (AvgIpc) is 1.06. The molecule has 0 atom stereocenters. The van der Waals surface area contributed by atoms with Crippen LogP contribution in [0.25, 0.3) is 66.9 Å². The molecule has 10 aromatic carbocycles. The molecule has 0 radical (unpaired) electrons. The number of aliphatic hydroxyl groups excluding tert-OH is 2.